The summed E-state index contributed by atoms with van der Waals surface area (Å²) in [7, 11) is 0. The first-order valence-electron chi connectivity index (χ1n) is 4.99. The minimum Gasteiger partial charge on any atom is -0.299 e. The summed E-state index contributed by atoms with van der Waals surface area (Å²) in [4.78, 5) is 11.7. The van der Waals surface area contributed by atoms with Crippen LogP contribution >= 0.6 is 0 Å². The molecule has 0 radical (unpaired) electrons. The van der Waals surface area contributed by atoms with Crippen molar-refractivity contribution in [3.05, 3.63) is 35.6 Å². The molecule has 1 aromatic rings. The maximum atomic E-state index is 13.5. The van der Waals surface area contributed by atoms with E-state index in [1.165, 1.54) is 6.07 Å². The van der Waals surface area contributed by atoms with Gasteiger partial charge in [0, 0.05) is 12.0 Å². The summed E-state index contributed by atoms with van der Waals surface area (Å²) in [5, 5.41) is 0. The van der Waals surface area contributed by atoms with Crippen LogP contribution in [0.15, 0.2) is 24.3 Å². The van der Waals surface area contributed by atoms with Crippen LogP contribution in [-0.2, 0) is 10.2 Å². The second-order valence-corrected chi connectivity index (χ2v) is 3.84. The van der Waals surface area contributed by atoms with Crippen molar-refractivity contribution >= 4 is 5.78 Å². The number of ketones is 1. The van der Waals surface area contributed by atoms with E-state index in [-0.39, 0.29) is 11.6 Å². The van der Waals surface area contributed by atoms with Gasteiger partial charge in [0.15, 0.2) is 0 Å². The third-order valence-electron chi connectivity index (χ3n) is 2.99. The van der Waals surface area contributed by atoms with Crippen molar-refractivity contribution in [2.75, 3.05) is 0 Å². The molecule has 0 atom stereocenters. The van der Waals surface area contributed by atoms with Gasteiger partial charge in [0.2, 0.25) is 0 Å². The molecule has 1 fully saturated rings. The van der Waals surface area contributed by atoms with Crippen LogP contribution in [0.25, 0.3) is 0 Å². The monoisotopic (exact) mass is 192 g/mol. The zero-order valence-electron chi connectivity index (χ0n) is 8.22. The van der Waals surface area contributed by atoms with Crippen LogP contribution in [0, 0.1) is 5.82 Å². The molecule has 1 aromatic carbocycles. The van der Waals surface area contributed by atoms with Gasteiger partial charge < -0.3 is 0 Å². The molecule has 0 saturated heterocycles. The molecule has 1 nitrogen and oxygen atoms in total. The number of benzene rings is 1. The molecule has 1 aliphatic carbocycles. The zero-order valence-corrected chi connectivity index (χ0v) is 8.22. The van der Waals surface area contributed by atoms with Gasteiger partial charge in [-0.25, -0.2) is 4.39 Å². The van der Waals surface area contributed by atoms with Gasteiger partial charge in [0.25, 0.3) is 0 Å². The van der Waals surface area contributed by atoms with E-state index >= 15 is 0 Å². The highest BCUT2D eigenvalue weighted by atomic mass is 19.1. The third-order valence-corrected chi connectivity index (χ3v) is 2.99. The molecule has 0 aliphatic heterocycles. The number of halogens is 1. The molecule has 14 heavy (non-hydrogen) atoms. The summed E-state index contributed by atoms with van der Waals surface area (Å²) < 4.78 is 13.5. The summed E-state index contributed by atoms with van der Waals surface area (Å²) in [6.45, 7) is 1.84. The Morgan fingerprint density at radius 1 is 1.43 bits per heavy atom. The average molecular weight is 192 g/mol. The van der Waals surface area contributed by atoms with Gasteiger partial charge >= 0.3 is 0 Å². The quantitative estimate of drug-likeness (QED) is 0.719. The number of carbonyl (C=O) groups is 1. The van der Waals surface area contributed by atoms with Crippen molar-refractivity contribution in [3.8, 4) is 0 Å². The normalized spacial score (nSPS) is 17.9. The molecule has 0 heterocycles. The molecule has 0 spiro atoms. The maximum Gasteiger partial charge on any atom is 0.143 e. The Labute approximate surface area is 82.9 Å². The number of hydrogen-bond acceptors (Lipinski definition) is 1. The van der Waals surface area contributed by atoms with Gasteiger partial charge in [-0.1, -0.05) is 25.1 Å². The van der Waals surface area contributed by atoms with E-state index < -0.39 is 5.41 Å². The number of hydrogen-bond donors (Lipinski definition) is 0. The maximum absolute atomic E-state index is 13.5. The Hall–Kier alpha value is -1.18. The molecular weight excluding hydrogens is 179 g/mol. The van der Waals surface area contributed by atoms with Gasteiger partial charge in [-0.05, 0) is 18.9 Å². The van der Waals surface area contributed by atoms with E-state index in [1.807, 2.05) is 6.92 Å². The van der Waals surface area contributed by atoms with Gasteiger partial charge in [0.05, 0.1) is 5.41 Å². The van der Waals surface area contributed by atoms with Crippen molar-refractivity contribution in [2.45, 2.75) is 31.6 Å². The smallest absolute Gasteiger partial charge is 0.143 e. The Balaban J connectivity index is 2.40. The fourth-order valence-corrected chi connectivity index (χ4v) is 2.01. The SMILES string of the molecule is CCC(=O)C1(c2ccccc2F)CC1. The lowest BCUT2D eigenvalue weighted by molar-refractivity contribution is -0.121. The highest BCUT2D eigenvalue weighted by molar-refractivity contribution is 5.92. The Morgan fingerprint density at radius 2 is 2.07 bits per heavy atom. The van der Waals surface area contributed by atoms with Gasteiger partial charge in [-0.3, -0.25) is 4.79 Å². The molecule has 74 valence electrons. The molecule has 0 bridgehead atoms. The van der Waals surface area contributed by atoms with Crippen molar-refractivity contribution in [3.63, 3.8) is 0 Å². The Kier molecular flexibility index (Phi) is 2.14. The Morgan fingerprint density at radius 3 is 2.57 bits per heavy atom. The second kappa shape index (κ2) is 3.19. The minimum atomic E-state index is -0.472. The zero-order chi connectivity index (χ0) is 10.2. The van der Waals surface area contributed by atoms with Crippen LogP contribution < -0.4 is 0 Å². The fraction of sp³-hybridized carbons (Fsp3) is 0.417. The van der Waals surface area contributed by atoms with Crippen LogP contribution in [0.2, 0.25) is 0 Å². The summed E-state index contributed by atoms with van der Waals surface area (Å²) in [6.07, 6.45) is 2.11. The lowest BCUT2D eigenvalue weighted by atomic mass is 9.90. The van der Waals surface area contributed by atoms with E-state index in [9.17, 15) is 9.18 Å². The Bertz CT molecular complexity index is 366. The first kappa shape index (κ1) is 9.38. The summed E-state index contributed by atoms with van der Waals surface area (Å²) in [5.74, 6) is -0.0746. The molecule has 2 rings (SSSR count). The van der Waals surface area contributed by atoms with E-state index in [0.717, 1.165) is 12.8 Å². The third kappa shape index (κ3) is 1.26. The minimum absolute atomic E-state index is 0.169. The van der Waals surface area contributed by atoms with Gasteiger partial charge in [-0.2, -0.15) is 0 Å². The molecule has 2 heteroatoms. The number of rotatable bonds is 3. The predicted octanol–water partition coefficient (Wildman–Crippen LogP) is 2.84. The van der Waals surface area contributed by atoms with Gasteiger partial charge in [0.1, 0.15) is 11.6 Å². The highest BCUT2D eigenvalue weighted by Crippen LogP contribution is 2.50. The average Bonchev–Trinajstić information content (AvgIpc) is 2.98. The molecule has 0 aromatic heterocycles. The first-order valence-corrected chi connectivity index (χ1v) is 4.99. The molecule has 0 unspecified atom stereocenters. The summed E-state index contributed by atoms with van der Waals surface area (Å²) in [6, 6.07) is 6.61. The standard InChI is InChI=1S/C12H13FO/c1-2-11(14)12(7-8-12)9-5-3-4-6-10(9)13/h3-6H,2,7-8H2,1H3. The summed E-state index contributed by atoms with van der Waals surface area (Å²) >= 11 is 0. The van der Waals surface area contributed by atoms with E-state index in [1.54, 1.807) is 18.2 Å². The topological polar surface area (TPSA) is 17.1 Å². The van der Waals surface area contributed by atoms with Crippen LogP contribution in [0.5, 0.6) is 0 Å². The molecule has 1 aliphatic rings. The predicted molar refractivity (Wildman–Crippen MR) is 52.6 cm³/mol. The van der Waals surface area contributed by atoms with Gasteiger partial charge in [-0.15, -0.1) is 0 Å². The molecule has 1 saturated carbocycles. The van der Waals surface area contributed by atoms with E-state index in [0.29, 0.717) is 12.0 Å². The summed E-state index contributed by atoms with van der Waals surface area (Å²) in [5.41, 5.74) is 0.118. The van der Waals surface area contributed by atoms with E-state index in [2.05, 4.69) is 0 Å². The van der Waals surface area contributed by atoms with Crippen molar-refractivity contribution in [2.24, 2.45) is 0 Å². The van der Waals surface area contributed by atoms with Crippen molar-refractivity contribution in [1.82, 2.24) is 0 Å². The number of carbonyl (C=O) groups excluding carboxylic acids is 1. The van der Waals surface area contributed by atoms with Crippen LogP contribution in [0.3, 0.4) is 0 Å². The van der Waals surface area contributed by atoms with Crippen LogP contribution in [0.4, 0.5) is 4.39 Å². The second-order valence-electron chi connectivity index (χ2n) is 3.84. The fourth-order valence-electron chi connectivity index (χ4n) is 2.01. The van der Waals surface area contributed by atoms with Crippen LogP contribution in [-0.4, -0.2) is 5.78 Å². The number of Topliss-reactive ketones (excluding diaryl/α,β-unsaturated/α-hetero) is 1. The lowest BCUT2D eigenvalue weighted by Crippen LogP contribution is -2.20. The lowest BCUT2D eigenvalue weighted by Gasteiger charge is -2.13. The van der Waals surface area contributed by atoms with Crippen LogP contribution in [0.1, 0.15) is 31.7 Å². The molecule has 0 amide bonds. The van der Waals surface area contributed by atoms with E-state index in [4.69, 9.17) is 0 Å². The molecule has 0 N–H and O–H groups in total. The van der Waals surface area contributed by atoms with Crippen molar-refractivity contribution in [1.29, 1.82) is 0 Å². The van der Waals surface area contributed by atoms with Crippen molar-refractivity contribution < 1.29 is 9.18 Å². The highest BCUT2D eigenvalue weighted by Gasteiger charge is 2.51. The first-order chi connectivity index (χ1) is 6.70. The molecular formula is C12H13FO. The largest absolute Gasteiger partial charge is 0.299 e.